The maximum Gasteiger partial charge on any atom is 0.182 e. The summed E-state index contributed by atoms with van der Waals surface area (Å²) >= 11 is 0. The van der Waals surface area contributed by atoms with Gasteiger partial charge >= 0.3 is 0 Å². The summed E-state index contributed by atoms with van der Waals surface area (Å²) in [5.74, 6) is -3.39. The second kappa shape index (κ2) is 4.11. The molecule has 1 aromatic rings. The number of halogens is 4. The molecule has 0 amide bonds. The summed E-state index contributed by atoms with van der Waals surface area (Å²) < 4.78 is 49.4. The Kier molecular flexibility index (Phi) is 3.11. The zero-order chi connectivity index (χ0) is 9.84. The van der Waals surface area contributed by atoms with Crippen molar-refractivity contribution in [1.82, 2.24) is 0 Å². The predicted octanol–water partition coefficient (Wildman–Crippen LogP) is 2.49. The molecular formula is C8H7F4N. The van der Waals surface area contributed by atoms with Gasteiger partial charge in [-0.2, -0.15) is 0 Å². The van der Waals surface area contributed by atoms with Crippen LogP contribution in [0.5, 0.6) is 0 Å². The first-order chi connectivity index (χ1) is 6.15. The van der Waals surface area contributed by atoms with Crippen molar-refractivity contribution < 1.29 is 17.6 Å². The van der Waals surface area contributed by atoms with Crippen LogP contribution in [0.1, 0.15) is 0 Å². The Morgan fingerprint density at radius 1 is 1.15 bits per heavy atom. The first-order valence-corrected chi connectivity index (χ1v) is 3.59. The van der Waals surface area contributed by atoms with E-state index in [0.29, 0.717) is 6.07 Å². The molecule has 1 aromatic carbocycles. The molecular weight excluding hydrogens is 186 g/mol. The average molecular weight is 193 g/mol. The molecule has 0 bridgehead atoms. The van der Waals surface area contributed by atoms with Gasteiger partial charge in [-0.05, 0) is 0 Å². The van der Waals surface area contributed by atoms with E-state index in [-0.39, 0.29) is 12.2 Å². The summed E-state index contributed by atoms with van der Waals surface area (Å²) in [6.45, 7) is -0.919. The Morgan fingerprint density at radius 2 is 1.85 bits per heavy atom. The Labute approximate surface area is 72.4 Å². The number of hydrogen-bond acceptors (Lipinski definition) is 1. The maximum absolute atomic E-state index is 12.8. The highest BCUT2D eigenvalue weighted by atomic mass is 19.2. The Morgan fingerprint density at radius 3 is 2.46 bits per heavy atom. The van der Waals surface area contributed by atoms with Crippen LogP contribution in [0.4, 0.5) is 23.2 Å². The van der Waals surface area contributed by atoms with E-state index in [9.17, 15) is 17.6 Å². The van der Waals surface area contributed by atoms with E-state index in [4.69, 9.17) is 0 Å². The molecule has 0 aliphatic rings. The minimum absolute atomic E-state index is 0.181. The number of rotatable bonds is 3. The second-order valence-electron chi connectivity index (χ2n) is 2.36. The molecule has 1 nitrogen and oxygen atoms in total. The molecule has 0 spiro atoms. The van der Waals surface area contributed by atoms with Crippen molar-refractivity contribution >= 4 is 5.69 Å². The number of alkyl halides is 1. The molecule has 1 rings (SSSR count). The van der Waals surface area contributed by atoms with Gasteiger partial charge in [0.25, 0.3) is 0 Å². The topological polar surface area (TPSA) is 12.0 Å². The molecule has 0 heterocycles. The van der Waals surface area contributed by atoms with Gasteiger partial charge in [0.15, 0.2) is 11.6 Å². The van der Waals surface area contributed by atoms with Crippen LogP contribution >= 0.6 is 0 Å². The van der Waals surface area contributed by atoms with Crippen LogP contribution in [-0.2, 0) is 0 Å². The first-order valence-electron chi connectivity index (χ1n) is 3.59. The van der Waals surface area contributed by atoms with Crippen LogP contribution in [0.15, 0.2) is 12.1 Å². The highest BCUT2D eigenvalue weighted by molar-refractivity contribution is 5.45. The highest BCUT2D eigenvalue weighted by Gasteiger charge is 2.09. The summed E-state index contributed by atoms with van der Waals surface area (Å²) in [6, 6.07) is 1.20. The van der Waals surface area contributed by atoms with E-state index in [2.05, 4.69) is 5.32 Å². The number of benzene rings is 1. The van der Waals surface area contributed by atoms with Gasteiger partial charge in [0.05, 0.1) is 5.69 Å². The third kappa shape index (κ3) is 2.34. The lowest BCUT2D eigenvalue weighted by molar-refractivity contribution is 0.491. The molecule has 0 aliphatic heterocycles. The van der Waals surface area contributed by atoms with Crippen molar-refractivity contribution in [2.24, 2.45) is 0 Å². The van der Waals surface area contributed by atoms with Gasteiger partial charge in [-0.25, -0.2) is 17.6 Å². The van der Waals surface area contributed by atoms with Crippen LogP contribution in [0, 0.1) is 17.5 Å². The standard InChI is InChI=1S/C8H7F4N/c9-1-2-13-7-4-5(10)3-6(11)8(7)12/h3-4,13H,1-2H2. The Bertz CT molecular complexity index is 300. The fraction of sp³-hybridized carbons (Fsp3) is 0.250. The molecule has 0 fully saturated rings. The van der Waals surface area contributed by atoms with E-state index in [1.807, 2.05) is 0 Å². The van der Waals surface area contributed by atoms with Gasteiger partial charge in [-0.1, -0.05) is 0 Å². The Hall–Kier alpha value is -1.26. The zero-order valence-corrected chi connectivity index (χ0v) is 6.58. The Balaban J connectivity index is 2.92. The van der Waals surface area contributed by atoms with Crippen LogP contribution in [0.2, 0.25) is 0 Å². The van der Waals surface area contributed by atoms with Crippen molar-refractivity contribution in [3.8, 4) is 0 Å². The van der Waals surface area contributed by atoms with Crippen molar-refractivity contribution in [1.29, 1.82) is 0 Å². The molecule has 1 N–H and O–H groups in total. The lowest BCUT2D eigenvalue weighted by atomic mass is 10.3. The van der Waals surface area contributed by atoms with Gasteiger partial charge in [0.1, 0.15) is 12.5 Å². The molecule has 13 heavy (non-hydrogen) atoms. The molecule has 0 saturated carbocycles. The second-order valence-corrected chi connectivity index (χ2v) is 2.36. The van der Waals surface area contributed by atoms with Gasteiger partial charge < -0.3 is 5.32 Å². The van der Waals surface area contributed by atoms with E-state index >= 15 is 0 Å². The number of hydrogen-bond donors (Lipinski definition) is 1. The smallest absolute Gasteiger partial charge is 0.182 e. The molecule has 5 heteroatoms. The summed E-state index contributed by atoms with van der Waals surface area (Å²) in [6.07, 6.45) is 0. The molecule has 0 saturated heterocycles. The van der Waals surface area contributed by atoms with Gasteiger partial charge in [0, 0.05) is 18.7 Å². The largest absolute Gasteiger partial charge is 0.380 e. The van der Waals surface area contributed by atoms with Gasteiger partial charge in [-0.3, -0.25) is 0 Å². The minimum Gasteiger partial charge on any atom is -0.380 e. The molecule has 0 aromatic heterocycles. The van der Waals surface area contributed by atoms with Crippen LogP contribution < -0.4 is 5.32 Å². The molecule has 0 unspecified atom stereocenters. The van der Waals surface area contributed by atoms with Crippen LogP contribution in [-0.4, -0.2) is 13.2 Å². The quantitative estimate of drug-likeness (QED) is 0.574. The predicted molar refractivity (Wildman–Crippen MR) is 40.8 cm³/mol. The molecule has 0 radical (unpaired) electrons. The molecule has 0 atom stereocenters. The van der Waals surface area contributed by atoms with E-state index in [0.717, 1.165) is 6.07 Å². The lowest BCUT2D eigenvalue weighted by Crippen LogP contribution is -2.06. The fourth-order valence-corrected chi connectivity index (χ4v) is 0.867. The minimum atomic E-state index is -1.29. The first kappa shape index (κ1) is 9.83. The third-order valence-electron chi connectivity index (χ3n) is 1.40. The van der Waals surface area contributed by atoms with Gasteiger partial charge in [0.2, 0.25) is 0 Å². The van der Waals surface area contributed by atoms with E-state index in [1.165, 1.54) is 0 Å². The number of anilines is 1. The lowest BCUT2D eigenvalue weighted by Gasteiger charge is -2.05. The van der Waals surface area contributed by atoms with Crippen molar-refractivity contribution in [3.63, 3.8) is 0 Å². The highest BCUT2D eigenvalue weighted by Crippen LogP contribution is 2.18. The number of nitrogens with one attached hydrogen (secondary N) is 1. The summed E-state index contributed by atoms with van der Waals surface area (Å²) in [5.41, 5.74) is -0.366. The third-order valence-corrected chi connectivity index (χ3v) is 1.40. The van der Waals surface area contributed by atoms with Crippen LogP contribution in [0.25, 0.3) is 0 Å². The van der Waals surface area contributed by atoms with Crippen molar-refractivity contribution in [2.75, 3.05) is 18.5 Å². The summed E-state index contributed by atoms with van der Waals surface area (Å²) in [5, 5.41) is 2.21. The van der Waals surface area contributed by atoms with E-state index in [1.54, 1.807) is 0 Å². The maximum atomic E-state index is 12.8. The average Bonchev–Trinajstić information content (AvgIpc) is 2.09. The molecule has 0 aliphatic carbocycles. The van der Waals surface area contributed by atoms with Gasteiger partial charge in [-0.15, -0.1) is 0 Å². The van der Waals surface area contributed by atoms with Crippen molar-refractivity contribution in [2.45, 2.75) is 0 Å². The van der Waals surface area contributed by atoms with E-state index < -0.39 is 24.1 Å². The summed E-state index contributed by atoms with van der Waals surface area (Å²) in [7, 11) is 0. The zero-order valence-electron chi connectivity index (χ0n) is 6.58. The summed E-state index contributed by atoms with van der Waals surface area (Å²) in [4.78, 5) is 0. The van der Waals surface area contributed by atoms with Crippen LogP contribution in [0.3, 0.4) is 0 Å². The SMILES string of the molecule is FCCNc1cc(F)cc(F)c1F. The molecule has 72 valence electrons. The fourth-order valence-electron chi connectivity index (χ4n) is 0.867. The monoisotopic (exact) mass is 193 g/mol. The van der Waals surface area contributed by atoms with Crippen molar-refractivity contribution in [3.05, 3.63) is 29.6 Å². The normalized spacial score (nSPS) is 10.2.